The fraction of sp³-hybridized carbons (Fsp3) is 0.647. The quantitative estimate of drug-likeness (QED) is 0.191. The zero-order chi connectivity index (χ0) is 34.6. The van der Waals surface area contributed by atoms with Crippen LogP contribution in [-0.4, -0.2) is 84.5 Å². The van der Waals surface area contributed by atoms with Crippen molar-refractivity contribution in [2.75, 3.05) is 39.5 Å². The van der Waals surface area contributed by atoms with E-state index in [9.17, 15) is 19.2 Å². The number of nitrogens with zero attached hydrogens (tertiary/aromatic N) is 3. The minimum atomic E-state index is -0.698. The van der Waals surface area contributed by atoms with Crippen LogP contribution in [0.2, 0.25) is 0 Å². The Labute approximate surface area is 273 Å². The number of aldehydes is 2. The Hall–Kier alpha value is -3.64. The molecule has 0 spiro atoms. The van der Waals surface area contributed by atoms with Gasteiger partial charge in [-0.25, -0.2) is 4.68 Å². The normalized spacial score (nSPS) is 12.5. The van der Waals surface area contributed by atoms with Gasteiger partial charge in [-0.1, -0.05) is 46.8 Å². The van der Waals surface area contributed by atoms with Crippen molar-refractivity contribution in [2.24, 2.45) is 16.2 Å². The van der Waals surface area contributed by atoms with E-state index in [1.807, 2.05) is 62.3 Å². The highest BCUT2D eigenvalue weighted by Gasteiger charge is 2.27. The molecule has 0 saturated heterocycles. The maximum Gasteiger partial charge on any atom is 0.251 e. The van der Waals surface area contributed by atoms with Gasteiger partial charge in [-0.15, -0.1) is 5.10 Å². The van der Waals surface area contributed by atoms with Gasteiger partial charge in [-0.2, -0.15) is 0 Å². The summed E-state index contributed by atoms with van der Waals surface area (Å²) in [6.07, 6.45) is 4.34. The van der Waals surface area contributed by atoms with Gasteiger partial charge in [-0.3, -0.25) is 9.59 Å². The second kappa shape index (κ2) is 16.8. The monoisotopic (exact) mass is 643 g/mol. The molecular weight excluding hydrogens is 590 g/mol. The van der Waals surface area contributed by atoms with Crippen molar-refractivity contribution in [3.05, 3.63) is 41.2 Å². The van der Waals surface area contributed by atoms with E-state index in [1.54, 1.807) is 23.0 Å². The van der Waals surface area contributed by atoms with Gasteiger partial charge >= 0.3 is 0 Å². The van der Waals surface area contributed by atoms with Crippen LogP contribution in [0.5, 0.6) is 5.75 Å². The van der Waals surface area contributed by atoms with Gasteiger partial charge in [0.1, 0.15) is 24.9 Å². The van der Waals surface area contributed by atoms with E-state index >= 15 is 0 Å². The number of ether oxygens (including phenoxy) is 3. The molecule has 2 aromatic rings. The molecule has 0 bridgehead atoms. The Balaban J connectivity index is 2.13. The number of nitrogens with one attached hydrogen (secondary N) is 2. The summed E-state index contributed by atoms with van der Waals surface area (Å²) in [4.78, 5) is 48.5. The third kappa shape index (κ3) is 14.2. The number of aromatic nitrogens is 3. The highest BCUT2D eigenvalue weighted by Crippen LogP contribution is 2.24. The van der Waals surface area contributed by atoms with Crippen molar-refractivity contribution in [1.82, 2.24) is 25.6 Å². The fourth-order valence-electron chi connectivity index (χ4n) is 4.19. The van der Waals surface area contributed by atoms with Crippen molar-refractivity contribution in [1.29, 1.82) is 0 Å². The van der Waals surface area contributed by atoms with Crippen LogP contribution in [0, 0.1) is 23.2 Å². The molecule has 0 unspecified atom stereocenters. The van der Waals surface area contributed by atoms with Crippen LogP contribution < -0.4 is 15.4 Å². The predicted octanol–water partition coefficient (Wildman–Crippen LogP) is 4.19. The lowest BCUT2D eigenvalue weighted by Crippen LogP contribution is -2.42. The average molecular weight is 644 g/mol. The first-order valence-electron chi connectivity index (χ1n) is 15.7. The summed E-state index contributed by atoms with van der Waals surface area (Å²) in [5.41, 5.74) is -0.353. The molecule has 256 valence electrons. The lowest BCUT2D eigenvalue weighted by atomic mass is 9.90. The zero-order valence-electron chi connectivity index (χ0n) is 29.0. The van der Waals surface area contributed by atoms with Crippen molar-refractivity contribution < 1.29 is 33.4 Å². The van der Waals surface area contributed by atoms with Gasteiger partial charge in [0.2, 0.25) is 0 Å². The summed E-state index contributed by atoms with van der Waals surface area (Å²) in [6, 6.07) is 4.73. The van der Waals surface area contributed by atoms with Gasteiger partial charge < -0.3 is 34.4 Å². The Morgan fingerprint density at radius 2 is 1.35 bits per heavy atom. The lowest BCUT2D eigenvalue weighted by molar-refractivity contribution is -0.112. The van der Waals surface area contributed by atoms with E-state index in [4.69, 9.17) is 14.2 Å². The van der Waals surface area contributed by atoms with Crippen LogP contribution >= 0.6 is 0 Å². The standard InChI is InChI=1S/C34H53N5O7/c1-25-19-39(38-37-25)12-15-45-28-17-26(29(42)35-20-33(6,7)23-44-22-31(2,3)10-13-40)16-27(18-28)30(43)36-21-34(8,9)46-24-32(4,5)11-14-41/h13-14,16-19H,10-12,15,20-24H2,1-9H3,(H,35,42)(H,36,43). The van der Waals surface area contributed by atoms with Gasteiger partial charge in [-0.05, 0) is 49.8 Å². The maximum atomic E-state index is 13.3. The highest BCUT2D eigenvalue weighted by molar-refractivity contribution is 6.00. The summed E-state index contributed by atoms with van der Waals surface area (Å²) >= 11 is 0. The maximum absolute atomic E-state index is 13.3. The third-order valence-corrected chi connectivity index (χ3v) is 7.19. The number of carbonyl (C=O) groups is 4. The van der Waals surface area contributed by atoms with Crippen molar-refractivity contribution in [2.45, 2.75) is 87.3 Å². The van der Waals surface area contributed by atoms with E-state index < -0.39 is 5.60 Å². The van der Waals surface area contributed by atoms with Crippen LogP contribution in [0.15, 0.2) is 24.4 Å². The molecule has 0 fully saturated rings. The Morgan fingerprint density at radius 3 is 1.89 bits per heavy atom. The van der Waals surface area contributed by atoms with Gasteiger partial charge in [0.15, 0.2) is 0 Å². The molecule has 0 aliphatic carbocycles. The molecular formula is C34H53N5O7. The summed E-state index contributed by atoms with van der Waals surface area (Å²) in [5.74, 6) is -0.385. The molecule has 0 aliphatic rings. The molecule has 0 saturated carbocycles. The lowest BCUT2D eigenvalue weighted by Gasteiger charge is -2.31. The number of hydrogen-bond acceptors (Lipinski definition) is 9. The topological polar surface area (TPSA) is 151 Å². The number of aryl methyl sites for hydroxylation is 1. The summed E-state index contributed by atoms with van der Waals surface area (Å²) in [6.45, 7) is 19.7. The number of amides is 2. The van der Waals surface area contributed by atoms with E-state index in [0.717, 1.165) is 18.3 Å². The Kier molecular flexibility index (Phi) is 14.1. The van der Waals surface area contributed by atoms with Crippen LogP contribution in [0.4, 0.5) is 0 Å². The molecule has 46 heavy (non-hydrogen) atoms. The second-order valence-electron chi connectivity index (χ2n) is 14.9. The van der Waals surface area contributed by atoms with E-state index in [0.29, 0.717) is 51.5 Å². The van der Waals surface area contributed by atoms with Crippen LogP contribution in [0.3, 0.4) is 0 Å². The summed E-state index contributed by atoms with van der Waals surface area (Å²) in [7, 11) is 0. The number of benzene rings is 1. The predicted molar refractivity (Wildman–Crippen MR) is 175 cm³/mol. The third-order valence-electron chi connectivity index (χ3n) is 7.19. The number of rotatable bonds is 21. The molecule has 0 radical (unpaired) electrons. The molecule has 2 amide bonds. The molecule has 1 heterocycles. The molecule has 0 atom stereocenters. The van der Waals surface area contributed by atoms with Gasteiger partial charge in [0.05, 0.1) is 37.7 Å². The summed E-state index contributed by atoms with van der Waals surface area (Å²) < 4.78 is 19.5. The number of hydrogen-bond donors (Lipinski definition) is 2. The fourth-order valence-corrected chi connectivity index (χ4v) is 4.19. The van der Waals surface area contributed by atoms with Crippen LogP contribution in [-0.2, 0) is 25.6 Å². The van der Waals surface area contributed by atoms with Crippen molar-refractivity contribution >= 4 is 24.4 Å². The van der Waals surface area contributed by atoms with Gasteiger partial charge in [0, 0.05) is 48.7 Å². The molecule has 1 aromatic heterocycles. The minimum Gasteiger partial charge on any atom is -0.492 e. The minimum absolute atomic E-state index is 0.207. The van der Waals surface area contributed by atoms with Gasteiger partial charge in [0.25, 0.3) is 11.8 Å². The largest absolute Gasteiger partial charge is 0.492 e. The Bertz CT molecular complexity index is 1320. The first-order valence-corrected chi connectivity index (χ1v) is 15.7. The molecule has 12 nitrogen and oxygen atoms in total. The highest BCUT2D eigenvalue weighted by atomic mass is 16.5. The van der Waals surface area contributed by atoms with Crippen molar-refractivity contribution in [3.8, 4) is 5.75 Å². The average Bonchev–Trinajstić information content (AvgIpc) is 3.38. The second-order valence-corrected chi connectivity index (χ2v) is 14.9. The Morgan fingerprint density at radius 1 is 0.804 bits per heavy atom. The van der Waals surface area contributed by atoms with Crippen molar-refractivity contribution in [3.63, 3.8) is 0 Å². The smallest absolute Gasteiger partial charge is 0.251 e. The number of carbonyl (C=O) groups excluding carboxylic acids is 4. The molecule has 1 aromatic carbocycles. The first-order chi connectivity index (χ1) is 21.4. The SMILES string of the molecule is Cc1cn(CCOc2cc(C(=O)NCC(C)(C)COCC(C)(C)CC=O)cc(C(=O)NCC(C)(C)OCC(C)(C)CC=O)c2)nn1. The van der Waals surface area contributed by atoms with Crippen LogP contribution in [0.1, 0.15) is 94.6 Å². The molecule has 2 N–H and O–H groups in total. The van der Waals surface area contributed by atoms with E-state index in [1.165, 1.54) is 6.07 Å². The zero-order valence-corrected chi connectivity index (χ0v) is 29.0. The van der Waals surface area contributed by atoms with E-state index in [2.05, 4.69) is 20.9 Å². The first kappa shape index (κ1) is 38.5. The van der Waals surface area contributed by atoms with Crippen LogP contribution in [0.25, 0.3) is 0 Å². The molecule has 0 aliphatic heterocycles. The molecule has 2 rings (SSSR count). The van der Waals surface area contributed by atoms with E-state index in [-0.39, 0.29) is 52.3 Å². The molecule has 12 heteroatoms. The summed E-state index contributed by atoms with van der Waals surface area (Å²) in [5, 5.41) is 13.9.